The largest absolute Gasteiger partial charge is 0.417 e. The summed E-state index contributed by atoms with van der Waals surface area (Å²) < 4.78 is 47.3. The van der Waals surface area contributed by atoms with Crippen LogP contribution >= 0.6 is 22.6 Å². The molecule has 2 aliphatic rings. The molecule has 0 aromatic carbocycles. The van der Waals surface area contributed by atoms with Crippen LogP contribution in [-0.4, -0.2) is 23.4 Å². The second kappa shape index (κ2) is 9.85. The molecule has 2 heterocycles. The van der Waals surface area contributed by atoms with Gasteiger partial charge in [-0.2, -0.15) is 13.2 Å². The molecule has 0 amide bonds. The van der Waals surface area contributed by atoms with E-state index >= 15 is 0 Å². The van der Waals surface area contributed by atoms with Crippen LogP contribution < -0.4 is 0 Å². The van der Waals surface area contributed by atoms with E-state index in [1.807, 2.05) is 13.8 Å². The summed E-state index contributed by atoms with van der Waals surface area (Å²) in [6.07, 6.45) is 0.451. The monoisotopic (exact) mass is 646 g/mol. The van der Waals surface area contributed by atoms with Gasteiger partial charge in [-0.15, -0.1) is 0 Å². The highest BCUT2D eigenvalue weighted by molar-refractivity contribution is 14.1. The molecule has 0 bridgehead atoms. The van der Waals surface area contributed by atoms with Crippen LogP contribution in [-0.2, 0) is 17.0 Å². The predicted octanol–water partition coefficient (Wildman–Crippen LogP) is 8.48. The Hall–Kier alpha value is -1.04. The zero-order valence-corrected chi connectivity index (χ0v) is 25.9. The molecule has 2 aliphatic carbocycles. The summed E-state index contributed by atoms with van der Waals surface area (Å²) in [7, 11) is -2.12. The van der Waals surface area contributed by atoms with Crippen molar-refractivity contribution in [2.45, 2.75) is 109 Å². The van der Waals surface area contributed by atoms with E-state index in [0.717, 1.165) is 45.6 Å². The number of aliphatic hydroxyl groups excluding tert-OH is 1. The highest BCUT2D eigenvalue weighted by atomic mass is 127. The number of nitrogens with zero attached hydrogens (tertiary/aromatic N) is 2. The van der Waals surface area contributed by atoms with Gasteiger partial charge in [0.1, 0.15) is 6.10 Å². The number of hydrogen-bond donors (Lipinski definition) is 1. The molecule has 2 aromatic rings. The molecule has 4 nitrogen and oxygen atoms in total. The third kappa shape index (κ3) is 5.52. The summed E-state index contributed by atoms with van der Waals surface area (Å²) in [4.78, 5) is 9.17. The molecule has 9 heteroatoms. The number of alkyl halides is 3. The van der Waals surface area contributed by atoms with Gasteiger partial charge in [0, 0.05) is 26.6 Å². The molecule has 0 saturated heterocycles. The second-order valence-electron chi connectivity index (χ2n) is 12.7. The Balaban J connectivity index is 1.84. The molecule has 1 saturated carbocycles. The van der Waals surface area contributed by atoms with Crippen molar-refractivity contribution in [1.29, 1.82) is 0 Å². The molecule has 0 aliphatic heterocycles. The summed E-state index contributed by atoms with van der Waals surface area (Å²) in [6, 6.07) is 2.24. The van der Waals surface area contributed by atoms with Gasteiger partial charge in [-0.3, -0.25) is 9.97 Å². The maximum atomic E-state index is 13.1. The Morgan fingerprint density at radius 2 is 1.81 bits per heavy atom. The second-order valence-corrected chi connectivity index (χ2v) is 18.5. The smallest absolute Gasteiger partial charge is 0.410 e. The first-order valence-corrected chi connectivity index (χ1v) is 17.1. The fourth-order valence-electron chi connectivity index (χ4n) is 5.31. The molecule has 1 fully saturated rings. The zero-order valence-electron chi connectivity index (χ0n) is 22.8. The minimum atomic E-state index is -4.48. The molecule has 0 radical (unpaired) electrons. The first-order valence-electron chi connectivity index (χ1n) is 13.1. The predicted molar refractivity (Wildman–Crippen MR) is 150 cm³/mol. The van der Waals surface area contributed by atoms with Crippen molar-refractivity contribution in [3.63, 3.8) is 0 Å². The quantitative estimate of drug-likeness (QED) is 0.262. The van der Waals surface area contributed by atoms with E-state index in [4.69, 9.17) is 9.41 Å². The minimum Gasteiger partial charge on any atom is -0.410 e. The first kappa shape index (κ1) is 29.0. The van der Waals surface area contributed by atoms with Gasteiger partial charge in [-0.25, -0.2) is 0 Å². The van der Waals surface area contributed by atoms with Crippen molar-refractivity contribution in [1.82, 2.24) is 9.97 Å². The molecule has 204 valence electrons. The van der Waals surface area contributed by atoms with Gasteiger partial charge in [-0.05, 0) is 89.9 Å². The number of hydrogen-bond acceptors (Lipinski definition) is 4. The number of pyridine rings is 2. The minimum absolute atomic E-state index is 0.0249. The normalized spacial score (nSPS) is 20.6. The standard InChI is InChI=1S/C28H38F3IN2O2Si/c1-16(2)24-22(25(35)18-10-9-17(15-33-18)28(29,30)31)23(32)21-19(34-24)13-27(11-8-12-27)14-20(21)36-37(6,7)26(3,4)5/h9-10,15-16,20,25,35H,8,11-14H2,1-7H3/t20-,25+/m0/s1. The molecule has 37 heavy (non-hydrogen) atoms. The highest BCUT2D eigenvalue weighted by Gasteiger charge is 2.49. The number of aliphatic hydroxyl groups is 1. The Labute approximate surface area is 233 Å². The Bertz CT molecular complexity index is 1160. The van der Waals surface area contributed by atoms with E-state index in [-0.39, 0.29) is 28.2 Å². The average Bonchev–Trinajstić information content (AvgIpc) is 2.75. The van der Waals surface area contributed by atoms with Crippen LogP contribution in [0.15, 0.2) is 18.3 Å². The Kier molecular flexibility index (Phi) is 7.71. The maximum absolute atomic E-state index is 13.1. The van der Waals surface area contributed by atoms with E-state index in [0.29, 0.717) is 5.56 Å². The van der Waals surface area contributed by atoms with Gasteiger partial charge >= 0.3 is 6.18 Å². The first-order chi connectivity index (χ1) is 17.0. The summed E-state index contributed by atoms with van der Waals surface area (Å²) in [5.41, 5.74) is 3.09. The molecular weight excluding hydrogens is 608 g/mol. The fraction of sp³-hybridized carbons (Fsp3) is 0.643. The number of aromatic nitrogens is 2. The third-order valence-electron chi connectivity index (χ3n) is 8.67. The summed E-state index contributed by atoms with van der Waals surface area (Å²) in [5, 5.41) is 11.5. The molecular formula is C28H38F3IN2O2Si. The molecule has 0 unspecified atom stereocenters. The lowest BCUT2D eigenvalue weighted by molar-refractivity contribution is -0.137. The van der Waals surface area contributed by atoms with Crippen LogP contribution in [0.2, 0.25) is 18.1 Å². The fourth-order valence-corrected chi connectivity index (χ4v) is 7.80. The highest BCUT2D eigenvalue weighted by Crippen LogP contribution is 2.57. The lowest BCUT2D eigenvalue weighted by Crippen LogP contribution is -2.46. The van der Waals surface area contributed by atoms with Gasteiger partial charge in [0.15, 0.2) is 8.32 Å². The lowest BCUT2D eigenvalue weighted by Gasteiger charge is -2.50. The molecule has 4 rings (SSSR count). The van der Waals surface area contributed by atoms with Gasteiger partial charge in [-0.1, -0.05) is 41.0 Å². The molecule has 1 N–H and O–H groups in total. The Morgan fingerprint density at radius 3 is 2.27 bits per heavy atom. The van der Waals surface area contributed by atoms with Gasteiger partial charge < -0.3 is 9.53 Å². The average molecular weight is 647 g/mol. The van der Waals surface area contributed by atoms with E-state index < -0.39 is 26.2 Å². The van der Waals surface area contributed by atoms with Crippen molar-refractivity contribution in [2.24, 2.45) is 5.41 Å². The number of halogens is 4. The maximum Gasteiger partial charge on any atom is 0.417 e. The van der Waals surface area contributed by atoms with Crippen molar-refractivity contribution in [2.75, 3.05) is 0 Å². The van der Waals surface area contributed by atoms with Gasteiger partial charge in [0.2, 0.25) is 0 Å². The Morgan fingerprint density at radius 1 is 1.16 bits per heavy atom. The van der Waals surface area contributed by atoms with E-state index in [2.05, 4.69) is 61.4 Å². The SMILES string of the molecule is CC(C)c1nc2c(c(I)c1[C@H](O)c1ccc(C(F)(F)F)cn1)[C@@H](O[Si](C)(C)C(C)(C)C)CC1(CCC1)C2. The van der Waals surface area contributed by atoms with Crippen LogP contribution in [0, 0.1) is 8.99 Å². The lowest BCUT2D eigenvalue weighted by atomic mass is 9.59. The molecule has 1 spiro atoms. The van der Waals surface area contributed by atoms with Crippen LogP contribution in [0.25, 0.3) is 0 Å². The van der Waals surface area contributed by atoms with Crippen molar-refractivity contribution in [3.8, 4) is 0 Å². The van der Waals surface area contributed by atoms with Gasteiger partial charge in [0.25, 0.3) is 0 Å². The number of rotatable bonds is 5. The van der Waals surface area contributed by atoms with Crippen LogP contribution in [0.5, 0.6) is 0 Å². The van der Waals surface area contributed by atoms with Crippen LogP contribution in [0.3, 0.4) is 0 Å². The summed E-state index contributed by atoms with van der Waals surface area (Å²) >= 11 is 2.30. The zero-order chi connectivity index (χ0) is 27.6. The summed E-state index contributed by atoms with van der Waals surface area (Å²) in [6.45, 7) is 15.3. The number of fused-ring (bicyclic) bond motifs is 1. The van der Waals surface area contributed by atoms with E-state index in [1.54, 1.807) is 0 Å². The summed E-state index contributed by atoms with van der Waals surface area (Å²) in [5.74, 6) is 0.0249. The molecule has 2 atom stereocenters. The third-order valence-corrected chi connectivity index (χ3v) is 14.3. The van der Waals surface area contributed by atoms with Crippen molar-refractivity contribution < 1.29 is 22.7 Å². The van der Waals surface area contributed by atoms with Crippen LogP contribution in [0.4, 0.5) is 13.2 Å². The topological polar surface area (TPSA) is 55.2 Å². The molecule has 2 aromatic heterocycles. The van der Waals surface area contributed by atoms with Crippen LogP contribution in [0.1, 0.15) is 112 Å². The van der Waals surface area contributed by atoms with Crippen molar-refractivity contribution in [3.05, 3.63) is 55.7 Å². The van der Waals surface area contributed by atoms with E-state index in [9.17, 15) is 18.3 Å². The van der Waals surface area contributed by atoms with Gasteiger partial charge in [0.05, 0.1) is 23.1 Å². The van der Waals surface area contributed by atoms with Crippen molar-refractivity contribution >= 4 is 30.9 Å². The van der Waals surface area contributed by atoms with E-state index in [1.165, 1.54) is 25.3 Å².